The van der Waals surface area contributed by atoms with Gasteiger partial charge in [0, 0.05) is 19.4 Å². The Balaban J connectivity index is 2.46. The van der Waals surface area contributed by atoms with Gasteiger partial charge in [-0.15, -0.1) is 16.5 Å². The zero-order valence-electron chi connectivity index (χ0n) is 23.0. The standard InChI is InChI=1S/C26H48ClN3O8/c1-3-4-5-6-7-8-9-10-11-12-13-14-15-16-21(32)38-24-22(28-26(34)30(29-35)18-17-27)25(36-2)37-20(19-31)23(24)33/h20,22-25,31,33H,3-19H2,1-2H3,(H,28,34). The molecule has 12 heteroatoms. The minimum atomic E-state index is -1.43. The van der Waals surface area contributed by atoms with E-state index in [1.165, 1.54) is 64.9 Å². The topological polar surface area (TPSA) is 147 Å². The number of methoxy groups -OCH3 is 1. The second-order valence-electron chi connectivity index (χ2n) is 9.77. The lowest BCUT2D eigenvalue weighted by Crippen LogP contribution is -2.66. The van der Waals surface area contributed by atoms with Crippen LogP contribution in [0.3, 0.4) is 0 Å². The number of amides is 2. The number of nitrogens with one attached hydrogen (secondary N) is 1. The summed E-state index contributed by atoms with van der Waals surface area (Å²) in [7, 11) is 1.30. The van der Waals surface area contributed by atoms with E-state index >= 15 is 0 Å². The number of hydrogen-bond donors (Lipinski definition) is 3. The summed E-state index contributed by atoms with van der Waals surface area (Å²) < 4.78 is 16.3. The first-order valence-electron chi connectivity index (χ1n) is 14.1. The van der Waals surface area contributed by atoms with Crippen LogP contribution in [-0.4, -0.2) is 84.0 Å². The van der Waals surface area contributed by atoms with Crippen molar-refractivity contribution in [1.29, 1.82) is 0 Å². The zero-order chi connectivity index (χ0) is 28.2. The van der Waals surface area contributed by atoms with Crippen LogP contribution in [0.25, 0.3) is 0 Å². The molecule has 222 valence electrons. The number of hydrogen-bond acceptors (Lipinski definition) is 9. The molecule has 0 aromatic rings. The third-order valence-corrected chi connectivity index (χ3v) is 6.93. The van der Waals surface area contributed by atoms with E-state index in [4.69, 9.17) is 25.8 Å². The van der Waals surface area contributed by atoms with Crippen molar-refractivity contribution in [3.63, 3.8) is 0 Å². The first kappa shape index (κ1) is 34.5. The summed E-state index contributed by atoms with van der Waals surface area (Å²) in [5.74, 6) is -0.572. The molecular formula is C26H48ClN3O8. The quantitative estimate of drug-likeness (QED) is 0.0609. The summed E-state index contributed by atoms with van der Waals surface area (Å²) in [4.78, 5) is 36.0. The van der Waals surface area contributed by atoms with Crippen molar-refractivity contribution in [3.05, 3.63) is 4.91 Å². The SMILES string of the molecule is CCCCCCCCCCCCCCCC(=O)OC1C(O)C(CO)OC(OC)C1NC(=O)N(CCCl)N=O. The Morgan fingerprint density at radius 2 is 1.55 bits per heavy atom. The summed E-state index contributed by atoms with van der Waals surface area (Å²) in [6.45, 7) is 1.53. The van der Waals surface area contributed by atoms with Crippen LogP contribution in [0.5, 0.6) is 0 Å². The maximum absolute atomic E-state index is 12.6. The van der Waals surface area contributed by atoms with Crippen molar-refractivity contribution in [2.24, 2.45) is 5.29 Å². The molecule has 1 heterocycles. The first-order chi connectivity index (χ1) is 18.4. The van der Waals surface area contributed by atoms with Gasteiger partial charge in [0.15, 0.2) is 12.4 Å². The number of aliphatic hydroxyl groups is 2. The normalized spacial score (nSPS) is 23.1. The van der Waals surface area contributed by atoms with Crippen LogP contribution in [-0.2, 0) is 19.0 Å². The molecule has 0 bridgehead atoms. The highest BCUT2D eigenvalue weighted by Gasteiger charge is 2.48. The van der Waals surface area contributed by atoms with E-state index < -0.39 is 49.3 Å². The van der Waals surface area contributed by atoms with E-state index in [-0.39, 0.29) is 18.8 Å². The lowest BCUT2D eigenvalue weighted by atomic mass is 9.96. The van der Waals surface area contributed by atoms with Crippen molar-refractivity contribution in [1.82, 2.24) is 10.3 Å². The molecule has 0 saturated carbocycles. The van der Waals surface area contributed by atoms with Crippen molar-refractivity contribution in [3.8, 4) is 0 Å². The number of unbranched alkanes of at least 4 members (excludes halogenated alkanes) is 12. The van der Waals surface area contributed by atoms with Crippen LogP contribution in [0, 0.1) is 4.91 Å². The predicted molar refractivity (Wildman–Crippen MR) is 144 cm³/mol. The predicted octanol–water partition coefficient (Wildman–Crippen LogP) is 4.40. The maximum Gasteiger partial charge on any atom is 0.340 e. The number of nitroso groups, excluding NO2 is 1. The van der Waals surface area contributed by atoms with E-state index in [2.05, 4.69) is 17.5 Å². The van der Waals surface area contributed by atoms with Crippen molar-refractivity contribution in [2.75, 3.05) is 26.1 Å². The monoisotopic (exact) mass is 565 g/mol. The van der Waals surface area contributed by atoms with Gasteiger partial charge in [-0.2, -0.15) is 5.01 Å². The molecule has 2 amide bonds. The number of alkyl halides is 1. The van der Waals surface area contributed by atoms with Crippen LogP contribution in [0.1, 0.15) is 96.8 Å². The largest absolute Gasteiger partial charge is 0.457 e. The van der Waals surface area contributed by atoms with Crippen LogP contribution in [0.15, 0.2) is 5.29 Å². The number of carbonyl (C=O) groups excluding carboxylic acids is 2. The van der Waals surface area contributed by atoms with Gasteiger partial charge in [0.2, 0.25) is 0 Å². The fraction of sp³-hybridized carbons (Fsp3) is 0.923. The molecule has 0 aromatic heterocycles. The van der Waals surface area contributed by atoms with Gasteiger partial charge < -0.3 is 29.7 Å². The van der Waals surface area contributed by atoms with E-state index in [0.717, 1.165) is 19.3 Å². The Labute approximate surface area is 231 Å². The van der Waals surface area contributed by atoms with Gasteiger partial charge in [-0.05, 0) is 6.42 Å². The Morgan fingerprint density at radius 3 is 2.03 bits per heavy atom. The summed E-state index contributed by atoms with van der Waals surface area (Å²) >= 11 is 5.60. The van der Waals surface area contributed by atoms with Gasteiger partial charge in [0.05, 0.1) is 18.4 Å². The lowest BCUT2D eigenvalue weighted by molar-refractivity contribution is -0.265. The molecule has 1 fully saturated rings. The van der Waals surface area contributed by atoms with Gasteiger partial charge in [-0.3, -0.25) is 4.79 Å². The number of carbonyl (C=O) groups is 2. The van der Waals surface area contributed by atoms with Gasteiger partial charge >= 0.3 is 12.0 Å². The van der Waals surface area contributed by atoms with E-state index in [9.17, 15) is 24.7 Å². The minimum absolute atomic E-state index is 0.0270. The highest BCUT2D eigenvalue weighted by atomic mass is 35.5. The summed E-state index contributed by atoms with van der Waals surface area (Å²) in [5, 5.41) is 25.9. The third-order valence-electron chi connectivity index (χ3n) is 6.76. The van der Waals surface area contributed by atoms with Gasteiger partial charge in [0.1, 0.15) is 18.2 Å². The number of nitrogens with zero attached hydrogens (tertiary/aromatic N) is 2. The summed E-state index contributed by atoms with van der Waals surface area (Å²) in [6, 6.07) is -2.07. The van der Waals surface area contributed by atoms with E-state index in [1.54, 1.807) is 0 Å². The van der Waals surface area contributed by atoms with Gasteiger partial charge in [-0.25, -0.2) is 4.79 Å². The molecule has 0 spiro atoms. The lowest BCUT2D eigenvalue weighted by Gasteiger charge is -2.43. The number of ether oxygens (including phenoxy) is 3. The Kier molecular flexibility index (Phi) is 19.3. The number of rotatable bonds is 21. The number of esters is 1. The first-order valence-corrected chi connectivity index (χ1v) is 14.6. The van der Waals surface area contributed by atoms with Crippen LogP contribution >= 0.6 is 11.6 Å². The molecule has 5 unspecified atom stereocenters. The molecule has 1 aliphatic rings. The molecule has 5 atom stereocenters. The average Bonchev–Trinajstić information content (AvgIpc) is 2.91. The second kappa shape index (κ2) is 21.3. The molecule has 38 heavy (non-hydrogen) atoms. The number of aliphatic hydroxyl groups excluding tert-OH is 2. The average molecular weight is 566 g/mol. The third kappa shape index (κ3) is 13.0. The molecule has 1 saturated heterocycles. The zero-order valence-corrected chi connectivity index (χ0v) is 23.8. The molecule has 1 rings (SSSR count). The van der Waals surface area contributed by atoms with Gasteiger partial charge in [-0.1, -0.05) is 84.0 Å². The Hall–Kier alpha value is -1.53. The molecule has 0 radical (unpaired) electrons. The fourth-order valence-electron chi connectivity index (χ4n) is 4.54. The molecule has 11 nitrogen and oxygen atoms in total. The second-order valence-corrected chi connectivity index (χ2v) is 10.1. The molecule has 0 aromatic carbocycles. The Morgan fingerprint density at radius 1 is 1.00 bits per heavy atom. The molecular weight excluding hydrogens is 518 g/mol. The van der Waals surface area contributed by atoms with Crippen molar-refractivity contribution >= 4 is 23.6 Å². The number of urea groups is 1. The van der Waals surface area contributed by atoms with E-state index in [1.807, 2.05) is 0 Å². The summed E-state index contributed by atoms with van der Waals surface area (Å²) in [5.41, 5.74) is 0. The van der Waals surface area contributed by atoms with Crippen LogP contribution in [0.4, 0.5) is 4.79 Å². The molecule has 0 aliphatic carbocycles. The van der Waals surface area contributed by atoms with Crippen LogP contribution < -0.4 is 5.32 Å². The van der Waals surface area contributed by atoms with Gasteiger partial charge in [0.25, 0.3) is 0 Å². The highest BCUT2D eigenvalue weighted by molar-refractivity contribution is 6.18. The van der Waals surface area contributed by atoms with Crippen molar-refractivity contribution in [2.45, 2.75) is 127 Å². The van der Waals surface area contributed by atoms with Crippen molar-refractivity contribution < 1.29 is 34.0 Å². The molecule has 1 aliphatic heterocycles. The van der Waals surface area contributed by atoms with Crippen LogP contribution in [0.2, 0.25) is 0 Å². The highest BCUT2D eigenvalue weighted by Crippen LogP contribution is 2.25. The molecule has 3 N–H and O–H groups in total. The van der Waals surface area contributed by atoms with E-state index in [0.29, 0.717) is 11.4 Å². The minimum Gasteiger partial charge on any atom is -0.457 e. The summed E-state index contributed by atoms with van der Waals surface area (Å²) in [6.07, 6.45) is 10.6. The fourth-order valence-corrected chi connectivity index (χ4v) is 4.70. The number of halogens is 1. The Bertz CT molecular complexity index is 660. The maximum atomic E-state index is 12.6. The smallest absolute Gasteiger partial charge is 0.340 e.